The fourth-order valence-corrected chi connectivity index (χ4v) is 2.98. The van der Waals surface area contributed by atoms with Crippen LogP contribution in [-0.2, 0) is 10.1 Å². The van der Waals surface area contributed by atoms with Crippen molar-refractivity contribution in [2.45, 2.75) is 70.1 Å². The average molecular weight is 374 g/mol. The van der Waals surface area contributed by atoms with E-state index in [-0.39, 0.29) is 11.4 Å². The molecule has 25 heavy (non-hydrogen) atoms. The summed E-state index contributed by atoms with van der Waals surface area (Å²) in [6.45, 7) is 7.25. The number of anilines is 2. The minimum absolute atomic E-state index is 0.0841. The lowest BCUT2D eigenvalue weighted by Crippen LogP contribution is -2.84. The molecule has 146 valence electrons. The summed E-state index contributed by atoms with van der Waals surface area (Å²) in [4.78, 5) is -0.470. The lowest BCUT2D eigenvalue weighted by Gasteiger charge is -2.09. The van der Waals surface area contributed by atoms with E-state index in [0.29, 0.717) is 0 Å². The minimum atomic E-state index is -4.51. The smallest absolute Gasteiger partial charge is 0.126 e. The Kier molecular flexibility index (Phi) is 13.2. The van der Waals surface area contributed by atoms with E-state index in [0.717, 1.165) is 6.07 Å². The Balaban J connectivity index is 0.000000462. The quantitative estimate of drug-likeness (QED) is 0.312. The van der Waals surface area contributed by atoms with Gasteiger partial charge in [0.15, 0.2) is 0 Å². The third-order valence-electron chi connectivity index (χ3n) is 3.83. The van der Waals surface area contributed by atoms with Crippen LogP contribution in [0.4, 0.5) is 11.4 Å². The van der Waals surface area contributed by atoms with Gasteiger partial charge in [-0.1, -0.05) is 39.5 Å². The van der Waals surface area contributed by atoms with Crippen LogP contribution in [0.25, 0.3) is 0 Å². The van der Waals surface area contributed by atoms with E-state index >= 15 is 0 Å². The molecular weight excluding hydrogens is 338 g/mol. The fraction of sp³-hybridized carbons (Fsp3) is 0.667. The first-order valence-electron chi connectivity index (χ1n) is 9.25. The Morgan fingerprint density at radius 2 is 1.44 bits per heavy atom. The summed E-state index contributed by atoms with van der Waals surface area (Å²) >= 11 is 0. The second-order valence-electron chi connectivity index (χ2n) is 6.24. The maximum atomic E-state index is 10.5. The van der Waals surface area contributed by atoms with Crippen LogP contribution in [0, 0.1) is 0 Å². The monoisotopic (exact) mass is 373 g/mol. The Morgan fingerprint density at radius 3 is 1.84 bits per heavy atom. The zero-order valence-electron chi connectivity index (χ0n) is 15.7. The lowest BCUT2D eigenvalue weighted by molar-refractivity contribution is -0.655. The summed E-state index contributed by atoms with van der Waals surface area (Å²) < 4.78 is 31.5. The number of hydrogen-bond donors (Lipinski definition) is 3. The Bertz CT molecular complexity index is 553. The van der Waals surface area contributed by atoms with Gasteiger partial charge in [-0.3, -0.25) is 0 Å². The van der Waals surface area contributed by atoms with Gasteiger partial charge in [0.05, 0.1) is 18.0 Å². The van der Waals surface area contributed by atoms with Gasteiger partial charge in [-0.15, -0.1) is 0 Å². The van der Waals surface area contributed by atoms with Crippen LogP contribution in [0.5, 0.6) is 0 Å². The molecule has 0 unspecified atom stereocenters. The molecular formula is C18H35N3O3S. The van der Waals surface area contributed by atoms with E-state index in [9.17, 15) is 13.0 Å². The molecule has 0 atom stereocenters. The number of hydrogen-bond acceptors (Lipinski definition) is 5. The molecule has 1 aromatic rings. The molecule has 6 nitrogen and oxygen atoms in total. The van der Waals surface area contributed by atoms with E-state index in [1.165, 1.54) is 76.6 Å². The molecule has 1 rings (SSSR count). The number of rotatable bonds is 11. The van der Waals surface area contributed by atoms with Crippen molar-refractivity contribution in [3.8, 4) is 0 Å². The van der Waals surface area contributed by atoms with Gasteiger partial charge in [-0.2, -0.15) is 0 Å². The molecule has 0 aliphatic carbocycles. The van der Waals surface area contributed by atoms with Gasteiger partial charge in [0.25, 0.3) is 0 Å². The summed E-state index contributed by atoms with van der Waals surface area (Å²) in [6.07, 6.45) is 11.3. The minimum Gasteiger partial charge on any atom is -0.744 e. The molecule has 0 aliphatic rings. The van der Waals surface area contributed by atoms with E-state index < -0.39 is 15.0 Å². The number of quaternary nitrogens is 1. The first-order chi connectivity index (χ1) is 11.8. The summed E-state index contributed by atoms with van der Waals surface area (Å²) in [7, 11) is -4.51. The molecule has 0 heterocycles. The molecule has 0 saturated heterocycles. The normalized spacial score (nSPS) is 11.0. The first kappa shape index (κ1) is 23.7. The molecule has 0 radical (unpaired) electrons. The van der Waals surface area contributed by atoms with Crippen LogP contribution in [0.2, 0.25) is 0 Å². The molecule has 0 fully saturated rings. The molecule has 0 bridgehead atoms. The summed E-state index contributed by atoms with van der Waals surface area (Å²) in [5.41, 5.74) is 10.6. The van der Waals surface area contributed by atoms with E-state index in [1.807, 2.05) is 0 Å². The van der Waals surface area contributed by atoms with E-state index in [4.69, 9.17) is 11.5 Å². The predicted octanol–water partition coefficient (Wildman–Crippen LogP) is 2.47. The molecule has 7 heteroatoms. The van der Waals surface area contributed by atoms with Gasteiger partial charge in [-0.25, -0.2) is 8.42 Å². The van der Waals surface area contributed by atoms with Crippen LogP contribution < -0.4 is 16.8 Å². The molecule has 1 aromatic carbocycles. The molecule has 0 aliphatic heterocycles. The third-order valence-corrected chi connectivity index (χ3v) is 4.72. The highest BCUT2D eigenvalue weighted by Crippen LogP contribution is 2.20. The van der Waals surface area contributed by atoms with Crippen molar-refractivity contribution in [1.82, 2.24) is 0 Å². The van der Waals surface area contributed by atoms with E-state index in [2.05, 4.69) is 19.2 Å². The molecule has 6 N–H and O–H groups in total. The van der Waals surface area contributed by atoms with Gasteiger partial charge in [0.2, 0.25) is 0 Å². The van der Waals surface area contributed by atoms with Crippen molar-refractivity contribution in [2.75, 3.05) is 24.6 Å². The Labute approximate surface area is 153 Å². The Morgan fingerprint density at radius 1 is 0.920 bits per heavy atom. The van der Waals surface area contributed by atoms with Gasteiger partial charge < -0.3 is 21.3 Å². The summed E-state index contributed by atoms with van der Waals surface area (Å²) in [6, 6.07) is 3.74. The fourth-order valence-electron chi connectivity index (χ4n) is 2.34. The number of benzene rings is 1. The predicted molar refractivity (Wildman–Crippen MR) is 103 cm³/mol. The maximum absolute atomic E-state index is 10.5. The van der Waals surface area contributed by atoms with Gasteiger partial charge in [0.1, 0.15) is 10.1 Å². The summed E-state index contributed by atoms with van der Waals surface area (Å²) in [5, 5.41) is 2.49. The number of unbranched alkanes of at least 4 members (excludes halogenated alkanes) is 6. The Hall–Kier alpha value is -1.31. The molecule has 0 amide bonds. The van der Waals surface area contributed by atoms with Crippen LogP contribution in [0.1, 0.15) is 65.2 Å². The maximum Gasteiger partial charge on any atom is 0.126 e. The van der Waals surface area contributed by atoms with Gasteiger partial charge in [-0.05, 0) is 43.9 Å². The van der Waals surface area contributed by atoms with Crippen molar-refractivity contribution in [3.05, 3.63) is 18.2 Å². The highest BCUT2D eigenvalue weighted by atomic mass is 32.2. The molecule has 0 aromatic heterocycles. The van der Waals surface area contributed by atoms with Gasteiger partial charge in [0, 0.05) is 11.4 Å². The van der Waals surface area contributed by atoms with Gasteiger partial charge >= 0.3 is 0 Å². The highest BCUT2D eigenvalue weighted by molar-refractivity contribution is 7.86. The average Bonchev–Trinajstić information content (AvgIpc) is 2.55. The molecule has 0 spiro atoms. The number of nitrogens with two attached hydrogens (primary N) is 3. The van der Waals surface area contributed by atoms with Crippen molar-refractivity contribution < 1.29 is 18.3 Å². The largest absolute Gasteiger partial charge is 0.744 e. The standard InChI is InChI=1S/C12H27N.C6H8N2O3S/c1-3-5-7-9-11-13-12-10-8-6-4-2;7-4-1-2-5(8)6(3-4)12(9,10)11/h13H,3-12H2,1-2H3;1-3H,7-8H2,(H,9,10,11). The van der Waals surface area contributed by atoms with Crippen LogP contribution in [0.15, 0.2) is 23.1 Å². The van der Waals surface area contributed by atoms with Crippen LogP contribution >= 0.6 is 0 Å². The SMILES string of the molecule is CCCCCC[NH2+]CCCCCC.Nc1ccc(N)c(S(=O)(=O)[O-])c1. The second kappa shape index (κ2) is 13.9. The van der Waals surface area contributed by atoms with Crippen molar-refractivity contribution in [1.29, 1.82) is 0 Å². The highest BCUT2D eigenvalue weighted by Gasteiger charge is 2.05. The second-order valence-corrected chi connectivity index (χ2v) is 7.59. The summed E-state index contributed by atoms with van der Waals surface area (Å²) in [5.74, 6) is 0. The van der Waals surface area contributed by atoms with E-state index in [1.54, 1.807) is 0 Å². The van der Waals surface area contributed by atoms with Crippen molar-refractivity contribution in [3.63, 3.8) is 0 Å². The zero-order chi connectivity index (χ0) is 19.1. The van der Waals surface area contributed by atoms with Crippen molar-refractivity contribution >= 4 is 21.5 Å². The lowest BCUT2D eigenvalue weighted by atomic mass is 10.2. The number of nitrogen functional groups attached to an aromatic ring is 2. The van der Waals surface area contributed by atoms with Crippen molar-refractivity contribution in [2.24, 2.45) is 0 Å². The third kappa shape index (κ3) is 12.7. The molecule has 0 saturated carbocycles. The topological polar surface area (TPSA) is 126 Å². The van der Waals surface area contributed by atoms with Crippen LogP contribution in [-0.4, -0.2) is 26.1 Å². The van der Waals surface area contributed by atoms with Crippen LogP contribution in [0.3, 0.4) is 0 Å². The first-order valence-corrected chi connectivity index (χ1v) is 10.7. The zero-order valence-corrected chi connectivity index (χ0v) is 16.5.